The summed E-state index contributed by atoms with van der Waals surface area (Å²) in [4.78, 5) is 18.0. The van der Waals surface area contributed by atoms with Gasteiger partial charge in [0.1, 0.15) is 5.00 Å². The Hall–Kier alpha value is -0.910. The molecule has 120 valence electrons. The number of hydrogen-bond donors (Lipinski definition) is 0. The Bertz CT molecular complexity index is 577. The van der Waals surface area contributed by atoms with Crippen molar-refractivity contribution in [2.24, 2.45) is 0 Å². The van der Waals surface area contributed by atoms with Gasteiger partial charge in [-0.2, -0.15) is 0 Å². The fraction of sp³-hybridized carbons (Fsp3) is 0.706. The normalized spacial score (nSPS) is 25.1. The molecular formula is C17H24N2O2S. The van der Waals surface area contributed by atoms with Crippen molar-refractivity contribution in [3.8, 4) is 0 Å². The van der Waals surface area contributed by atoms with E-state index in [2.05, 4.69) is 4.90 Å². The number of carbonyl (C=O) groups excluding carboxylic acids is 1. The molecule has 0 unspecified atom stereocenters. The molecule has 5 heteroatoms. The number of rotatable bonds is 2. The Morgan fingerprint density at radius 3 is 2.91 bits per heavy atom. The third-order valence-electron chi connectivity index (χ3n) is 5.09. The molecule has 1 atom stereocenters. The van der Waals surface area contributed by atoms with Crippen LogP contribution >= 0.6 is 11.3 Å². The fourth-order valence-corrected chi connectivity index (χ4v) is 5.41. The molecule has 1 amide bonds. The molecule has 1 aromatic rings. The monoisotopic (exact) mass is 320 g/mol. The molecule has 1 aromatic heterocycles. The Kier molecular flexibility index (Phi) is 3.96. The summed E-state index contributed by atoms with van der Waals surface area (Å²) in [5.41, 5.74) is 2.98. The molecule has 0 saturated carbocycles. The molecule has 4 nitrogen and oxygen atoms in total. The van der Waals surface area contributed by atoms with Gasteiger partial charge in [-0.25, -0.2) is 0 Å². The quantitative estimate of drug-likeness (QED) is 0.840. The van der Waals surface area contributed by atoms with Crippen molar-refractivity contribution in [3.63, 3.8) is 0 Å². The van der Waals surface area contributed by atoms with Crippen molar-refractivity contribution < 1.29 is 9.53 Å². The zero-order chi connectivity index (χ0) is 15.1. The van der Waals surface area contributed by atoms with Gasteiger partial charge in [-0.15, -0.1) is 11.3 Å². The highest BCUT2D eigenvalue weighted by Crippen LogP contribution is 2.43. The lowest BCUT2D eigenvalue weighted by Crippen LogP contribution is -2.46. The number of thiophene rings is 1. The van der Waals surface area contributed by atoms with Gasteiger partial charge in [0, 0.05) is 37.1 Å². The zero-order valence-electron chi connectivity index (χ0n) is 13.3. The summed E-state index contributed by atoms with van der Waals surface area (Å²) in [6.45, 7) is 5.26. The van der Waals surface area contributed by atoms with Gasteiger partial charge in [-0.3, -0.25) is 14.6 Å². The maximum absolute atomic E-state index is 12.1. The van der Waals surface area contributed by atoms with Crippen LogP contribution in [0.3, 0.4) is 0 Å². The van der Waals surface area contributed by atoms with Gasteiger partial charge in [-0.05, 0) is 44.1 Å². The first-order valence-electron chi connectivity index (χ1n) is 8.48. The molecule has 0 aromatic carbocycles. The minimum absolute atomic E-state index is 0.164. The fourth-order valence-electron chi connectivity index (χ4n) is 3.98. The molecule has 0 N–H and O–H groups in total. The summed E-state index contributed by atoms with van der Waals surface area (Å²) in [6, 6.07) is 0. The van der Waals surface area contributed by atoms with Gasteiger partial charge in [0.25, 0.3) is 0 Å². The minimum atomic E-state index is 0.164. The van der Waals surface area contributed by atoms with Gasteiger partial charge in [0.05, 0.1) is 12.8 Å². The molecular weight excluding hydrogens is 296 g/mol. The summed E-state index contributed by atoms with van der Waals surface area (Å²) in [6.07, 6.45) is 7.67. The van der Waals surface area contributed by atoms with Crippen LogP contribution in [0.2, 0.25) is 0 Å². The van der Waals surface area contributed by atoms with E-state index in [0.717, 1.165) is 32.8 Å². The molecule has 0 radical (unpaired) electrons. The molecule has 2 aliphatic heterocycles. The van der Waals surface area contributed by atoms with Crippen molar-refractivity contribution in [3.05, 3.63) is 16.0 Å². The van der Waals surface area contributed by atoms with E-state index in [-0.39, 0.29) is 5.91 Å². The smallest absolute Gasteiger partial charge is 0.225 e. The average Bonchev–Trinajstić information content (AvgIpc) is 3.14. The third kappa shape index (κ3) is 2.59. The summed E-state index contributed by atoms with van der Waals surface area (Å²) in [5, 5.41) is 1.22. The standard InChI is InChI=1S/C17H24N2O2S/c1-12(20)19-11-18(9-13-5-4-8-21-13)10-15-14-6-2-3-7-16(14)22-17(15)19/h13H,2-11H2,1H3/t13-/m1/s1. The lowest BCUT2D eigenvalue weighted by Gasteiger charge is -2.36. The van der Waals surface area contributed by atoms with E-state index in [4.69, 9.17) is 4.74 Å². The lowest BCUT2D eigenvalue weighted by atomic mass is 9.94. The third-order valence-corrected chi connectivity index (χ3v) is 6.45. The van der Waals surface area contributed by atoms with Crippen molar-refractivity contribution in [1.82, 2.24) is 4.90 Å². The number of hydrogen-bond acceptors (Lipinski definition) is 4. The highest BCUT2D eigenvalue weighted by molar-refractivity contribution is 7.16. The SMILES string of the molecule is CC(=O)N1CN(C[C@H]2CCCO2)Cc2c1sc1c2CCCC1. The van der Waals surface area contributed by atoms with Crippen molar-refractivity contribution >= 4 is 22.2 Å². The van der Waals surface area contributed by atoms with Gasteiger partial charge < -0.3 is 4.74 Å². The van der Waals surface area contributed by atoms with Gasteiger partial charge >= 0.3 is 0 Å². The second-order valence-electron chi connectivity index (χ2n) is 6.73. The lowest BCUT2D eigenvalue weighted by molar-refractivity contribution is -0.117. The van der Waals surface area contributed by atoms with E-state index in [1.165, 1.54) is 47.5 Å². The number of anilines is 1. The predicted molar refractivity (Wildman–Crippen MR) is 88.4 cm³/mol. The molecule has 3 heterocycles. The highest BCUT2D eigenvalue weighted by atomic mass is 32.1. The number of carbonyl (C=O) groups is 1. The number of fused-ring (bicyclic) bond motifs is 3. The maximum Gasteiger partial charge on any atom is 0.225 e. The Labute approximate surface area is 136 Å². The van der Waals surface area contributed by atoms with Gasteiger partial charge in [0.15, 0.2) is 0 Å². The molecule has 0 spiro atoms. The van der Waals surface area contributed by atoms with Gasteiger partial charge in [-0.1, -0.05) is 0 Å². The zero-order valence-corrected chi connectivity index (χ0v) is 14.1. The topological polar surface area (TPSA) is 32.8 Å². The Morgan fingerprint density at radius 1 is 1.27 bits per heavy atom. The van der Waals surface area contributed by atoms with Crippen LogP contribution in [0.5, 0.6) is 0 Å². The highest BCUT2D eigenvalue weighted by Gasteiger charge is 2.33. The van der Waals surface area contributed by atoms with Crippen LogP contribution in [0.4, 0.5) is 5.00 Å². The van der Waals surface area contributed by atoms with E-state index in [1.54, 1.807) is 12.5 Å². The molecule has 22 heavy (non-hydrogen) atoms. The summed E-state index contributed by atoms with van der Waals surface area (Å²) in [5.74, 6) is 0.164. The molecule has 1 saturated heterocycles. The summed E-state index contributed by atoms with van der Waals surface area (Å²) < 4.78 is 5.79. The van der Waals surface area contributed by atoms with Crippen LogP contribution in [-0.4, -0.2) is 36.7 Å². The molecule has 1 fully saturated rings. The van der Waals surface area contributed by atoms with Gasteiger partial charge in [0.2, 0.25) is 5.91 Å². The van der Waals surface area contributed by atoms with Crippen molar-refractivity contribution in [2.45, 2.75) is 58.1 Å². The molecule has 0 bridgehead atoms. The number of nitrogens with zero attached hydrogens (tertiary/aromatic N) is 2. The van der Waals surface area contributed by atoms with E-state index in [0.29, 0.717) is 6.10 Å². The summed E-state index contributed by atoms with van der Waals surface area (Å²) in [7, 11) is 0. The number of amides is 1. The average molecular weight is 320 g/mol. The van der Waals surface area contributed by atoms with Crippen molar-refractivity contribution in [1.29, 1.82) is 0 Å². The first-order chi connectivity index (χ1) is 10.7. The molecule has 3 aliphatic rings. The Balaban J connectivity index is 1.62. The van der Waals surface area contributed by atoms with E-state index in [1.807, 2.05) is 16.2 Å². The molecule has 4 rings (SSSR count). The van der Waals surface area contributed by atoms with Crippen LogP contribution in [-0.2, 0) is 28.9 Å². The number of ether oxygens (including phenoxy) is 1. The van der Waals surface area contributed by atoms with Crippen LogP contribution in [0.1, 0.15) is 48.6 Å². The first kappa shape index (κ1) is 14.7. The number of aryl methyl sites for hydroxylation is 1. The minimum Gasteiger partial charge on any atom is -0.377 e. The first-order valence-corrected chi connectivity index (χ1v) is 9.29. The van der Waals surface area contributed by atoms with Crippen LogP contribution in [0, 0.1) is 0 Å². The second-order valence-corrected chi connectivity index (χ2v) is 7.81. The Morgan fingerprint density at radius 2 is 2.14 bits per heavy atom. The van der Waals surface area contributed by atoms with E-state index < -0.39 is 0 Å². The maximum atomic E-state index is 12.1. The van der Waals surface area contributed by atoms with E-state index in [9.17, 15) is 4.79 Å². The molecule has 1 aliphatic carbocycles. The van der Waals surface area contributed by atoms with Crippen LogP contribution in [0.15, 0.2) is 0 Å². The van der Waals surface area contributed by atoms with Crippen LogP contribution < -0.4 is 4.90 Å². The van der Waals surface area contributed by atoms with Crippen molar-refractivity contribution in [2.75, 3.05) is 24.7 Å². The largest absolute Gasteiger partial charge is 0.377 e. The summed E-state index contributed by atoms with van der Waals surface area (Å²) >= 11 is 1.87. The second kappa shape index (κ2) is 5.95. The van der Waals surface area contributed by atoms with Crippen LogP contribution in [0.25, 0.3) is 0 Å². The predicted octanol–water partition coefficient (Wildman–Crippen LogP) is 2.93. The van der Waals surface area contributed by atoms with E-state index >= 15 is 0 Å².